The molecule has 2 heterocycles. The first-order chi connectivity index (χ1) is 15.5. The summed E-state index contributed by atoms with van der Waals surface area (Å²) in [6.07, 6.45) is 0. The molecule has 0 saturated heterocycles. The van der Waals surface area contributed by atoms with Gasteiger partial charge in [-0.25, -0.2) is 14.8 Å². The topological polar surface area (TPSA) is 96.5 Å². The van der Waals surface area contributed by atoms with Crippen molar-refractivity contribution < 1.29 is 4.79 Å². The van der Waals surface area contributed by atoms with Gasteiger partial charge in [-0.05, 0) is 50.2 Å². The van der Waals surface area contributed by atoms with Crippen LogP contribution in [-0.4, -0.2) is 22.0 Å². The number of anilines is 2. The number of hydrogen-bond acceptors (Lipinski definition) is 5. The molecule has 1 aliphatic heterocycles. The predicted octanol–water partition coefficient (Wildman–Crippen LogP) is 5.21. The van der Waals surface area contributed by atoms with E-state index in [9.17, 15) is 4.79 Å². The average molecular weight is 441 g/mol. The Morgan fingerprint density at radius 1 is 0.969 bits per heavy atom. The maximum Gasteiger partial charge on any atom is 0.333 e. The quantitative estimate of drug-likeness (QED) is 0.313. The molecule has 0 atom stereocenters. The minimum atomic E-state index is -0.403. The van der Waals surface area contributed by atoms with Crippen molar-refractivity contribution in [3.05, 3.63) is 78.0 Å². The number of aryl methyl sites for hydroxylation is 2. The summed E-state index contributed by atoms with van der Waals surface area (Å²) < 4.78 is 0. The molecule has 8 heteroatoms. The number of urea groups is 1. The number of nitrogens with zero attached hydrogens (tertiary/aromatic N) is 4. The van der Waals surface area contributed by atoms with E-state index in [0.29, 0.717) is 0 Å². The van der Waals surface area contributed by atoms with Gasteiger partial charge in [0.2, 0.25) is 5.96 Å². The number of carbonyl (C=O) groups excluding carboxylic acids is 1. The molecule has 3 N–H and O–H groups in total. The Morgan fingerprint density at radius 2 is 1.62 bits per heavy atom. The molecule has 4 aromatic rings. The summed E-state index contributed by atoms with van der Waals surface area (Å²) in [7, 11) is 0. The van der Waals surface area contributed by atoms with E-state index < -0.39 is 6.03 Å². The fourth-order valence-electron chi connectivity index (χ4n) is 3.65. The molecule has 158 valence electrons. The van der Waals surface area contributed by atoms with Crippen molar-refractivity contribution in [3.8, 4) is 0 Å². The third-order valence-corrected chi connectivity index (χ3v) is 6.25. The molecular weight excluding hydrogens is 420 g/mol. The van der Waals surface area contributed by atoms with E-state index in [1.54, 1.807) is 16.7 Å². The van der Waals surface area contributed by atoms with E-state index in [1.165, 1.54) is 0 Å². The summed E-state index contributed by atoms with van der Waals surface area (Å²) in [5, 5.41) is 3.65. The lowest BCUT2D eigenvalue weighted by molar-refractivity contribution is 0.252. The zero-order valence-corrected chi connectivity index (χ0v) is 18.4. The number of carbonyl (C=O) groups is 1. The molecule has 0 bridgehead atoms. The van der Waals surface area contributed by atoms with Gasteiger partial charge in [0.1, 0.15) is 0 Å². The lowest BCUT2D eigenvalue weighted by Gasteiger charge is -2.30. The highest BCUT2D eigenvalue weighted by Gasteiger charge is 2.28. The van der Waals surface area contributed by atoms with Crippen molar-refractivity contribution in [2.75, 3.05) is 4.90 Å². The Hall–Kier alpha value is -3.91. The first-order valence-electron chi connectivity index (χ1n) is 10.1. The van der Waals surface area contributed by atoms with E-state index in [0.717, 1.165) is 43.3 Å². The Balaban J connectivity index is 1.46. The van der Waals surface area contributed by atoms with Gasteiger partial charge in [0.15, 0.2) is 0 Å². The molecule has 1 aromatic heterocycles. The Labute approximate surface area is 189 Å². The smallest absolute Gasteiger partial charge is 0.333 e. The molecule has 3 aromatic carbocycles. The summed E-state index contributed by atoms with van der Waals surface area (Å²) in [4.78, 5) is 30.0. The summed E-state index contributed by atoms with van der Waals surface area (Å²) >= 11 is 1.63. The van der Waals surface area contributed by atoms with Gasteiger partial charge in [0.25, 0.3) is 5.95 Å². The monoisotopic (exact) mass is 440 g/mol. The largest absolute Gasteiger partial charge is 0.369 e. The normalized spacial score (nSPS) is 12.9. The number of fused-ring (bicyclic) bond motifs is 3. The standard InChI is InChI=1S/C24H20N6OS/c1-14-11-12-17-16(13-14)15(2)26-23(27-17)28-22(25)29-24(31)30-18-7-3-5-9-20(18)32-21-10-6-4-8-19(21)30/h3-13H,1-2H3,(H3,25,26,27,28,29,31). The summed E-state index contributed by atoms with van der Waals surface area (Å²) in [5.74, 6) is 0.126. The molecule has 32 heavy (non-hydrogen) atoms. The molecule has 5 rings (SSSR count). The Morgan fingerprint density at radius 3 is 2.31 bits per heavy atom. The van der Waals surface area contributed by atoms with Gasteiger partial charge in [-0.15, -0.1) is 0 Å². The highest BCUT2D eigenvalue weighted by atomic mass is 32.2. The first-order valence-corrected chi connectivity index (χ1v) is 10.9. The van der Waals surface area contributed by atoms with Crippen molar-refractivity contribution in [2.24, 2.45) is 10.7 Å². The minimum Gasteiger partial charge on any atom is -0.369 e. The molecule has 2 amide bonds. The number of nitrogens with two attached hydrogens (primary N) is 1. The molecule has 7 nitrogen and oxygen atoms in total. The van der Waals surface area contributed by atoms with Crippen LogP contribution in [0.2, 0.25) is 0 Å². The maximum atomic E-state index is 13.2. The molecule has 1 aliphatic rings. The van der Waals surface area contributed by atoms with Crippen LogP contribution in [0.4, 0.5) is 22.1 Å². The number of guanidine groups is 1. The zero-order chi connectivity index (χ0) is 22.2. The van der Waals surface area contributed by atoms with Gasteiger partial charge in [-0.1, -0.05) is 47.7 Å². The molecule has 0 fully saturated rings. The number of para-hydroxylation sites is 2. The van der Waals surface area contributed by atoms with Crippen LogP contribution in [0.5, 0.6) is 0 Å². The number of aromatic nitrogens is 2. The van der Waals surface area contributed by atoms with Crippen molar-refractivity contribution in [1.29, 1.82) is 0 Å². The summed E-state index contributed by atoms with van der Waals surface area (Å²) in [5.41, 5.74) is 10.4. The van der Waals surface area contributed by atoms with E-state index in [-0.39, 0.29) is 11.9 Å². The number of amides is 2. The van der Waals surface area contributed by atoms with E-state index in [1.807, 2.05) is 80.6 Å². The second-order valence-corrected chi connectivity index (χ2v) is 8.51. The van der Waals surface area contributed by atoms with E-state index in [2.05, 4.69) is 20.3 Å². The lowest BCUT2D eigenvalue weighted by atomic mass is 10.1. The van der Waals surface area contributed by atoms with Crippen LogP contribution in [0.1, 0.15) is 11.3 Å². The SMILES string of the molecule is Cc1ccc2nc(N=C(N)NC(=O)N3c4ccccc4Sc4ccccc43)nc(C)c2c1. The van der Waals surface area contributed by atoms with Gasteiger partial charge in [-0.2, -0.15) is 4.99 Å². The van der Waals surface area contributed by atoms with Crippen molar-refractivity contribution >= 4 is 52.0 Å². The molecule has 0 radical (unpaired) electrons. The van der Waals surface area contributed by atoms with Gasteiger partial charge in [0, 0.05) is 15.2 Å². The average Bonchev–Trinajstić information content (AvgIpc) is 2.77. The van der Waals surface area contributed by atoms with Crippen molar-refractivity contribution in [1.82, 2.24) is 15.3 Å². The van der Waals surface area contributed by atoms with Crippen LogP contribution in [0.3, 0.4) is 0 Å². The lowest BCUT2D eigenvalue weighted by Crippen LogP contribution is -2.44. The minimum absolute atomic E-state index is 0.0750. The third kappa shape index (κ3) is 3.65. The Bertz CT molecular complexity index is 1360. The molecule has 0 saturated carbocycles. The third-order valence-electron chi connectivity index (χ3n) is 5.12. The molecule has 0 spiro atoms. The van der Waals surface area contributed by atoms with Gasteiger partial charge < -0.3 is 5.73 Å². The second-order valence-electron chi connectivity index (χ2n) is 7.43. The van der Waals surface area contributed by atoms with Crippen LogP contribution >= 0.6 is 11.8 Å². The number of benzene rings is 3. The number of rotatable bonds is 1. The molecular formula is C24H20N6OS. The van der Waals surface area contributed by atoms with Crippen LogP contribution < -0.4 is 16.0 Å². The predicted molar refractivity (Wildman–Crippen MR) is 128 cm³/mol. The van der Waals surface area contributed by atoms with Crippen LogP contribution in [-0.2, 0) is 0 Å². The number of hydrogen-bond donors (Lipinski definition) is 2. The highest BCUT2D eigenvalue weighted by molar-refractivity contribution is 7.99. The molecule has 0 unspecified atom stereocenters. The van der Waals surface area contributed by atoms with Gasteiger partial charge in [0.05, 0.1) is 22.6 Å². The summed E-state index contributed by atoms with van der Waals surface area (Å²) in [6, 6.07) is 21.0. The van der Waals surface area contributed by atoms with Crippen LogP contribution in [0, 0.1) is 13.8 Å². The van der Waals surface area contributed by atoms with E-state index in [4.69, 9.17) is 5.73 Å². The number of aliphatic imine (C=N–C) groups is 1. The molecule has 0 aliphatic carbocycles. The van der Waals surface area contributed by atoms with Gasteiger partial charge in [-0.3, -0.25) is 10.2 Å². The van der Waals surface area contributed by atoms with Gasteiger partial charge >= 0.3 is 6.03 Å². The van der Waals surface area contributed by atoms with Crippen LogP contribution in [0.25, 0.3) is 10.9 Å². The maximum absolute atomic E-state index is 13.2. The fourth-order valence-corrected chi connectivity index (χ4v) is 4.71. The second kappa shape index (κ2) is 7.97. The highest BCUT2D eigenvalue weighted by Crippen LogP contribution is 2.47. The van der Waals surface area contributed by atoms with E-state index >= 15 is 0 Å². The summed E-state index contributed by atoms with van der Waals surface area (Å²) in [6.45, 7) is 3.92. The first kappa shape index (κ1) is 20.0. The van der Waals surface area contributed by atoms with Crippen molar-refractivity contribution in [2.45, 2.75) is 23.6 Å². The van der Waals surface area contributed by atoms with Crippen LogP contribution in [0.15, 0.2) is 81.5 Å². The number of nitrogens with one attached hydrogen (secondary N) is 1. The fraction of sp³-hybridized carbons (Fsp3) is 0.0833. The van der Waals surface area contributed by atoms with Crippen molar-refractivity contribution in [3.63, 3.8) is 0 Å². The Kier molecular flexibility index (Phi) is 4.99. The zero-order valence-electron chi connectivity index (χ0n) is 17.5.